The van der Waals surface area contributed by atoms with Gasteiger partial charge < -0.3 is 0 Å². The van der Waals surface area contributed by atoms with Gasteiger partial charge >= 0.3 is 15.6 Å². The number of phosphoric acid groups is 2. The van der Waals surface area contributed by atoms with E-state index in [1.165, 1.54) is 0 Å². The number of benzene rings is 1. The Bertz CT molecular complexity index is 558. The molecule has 1 aromatic rings. The molecule has 27 heavy (non-hydrogen) atoms. The number of hydrogen-bond acceptors (Lipinski definition) is 8. The van der Waals surface area contributed by atoms with Gasteiger partial charge in [-0.1, -0.05) is 30.3 Å². The third-order valence-electron chi connectivity index (χ3n) is 3.15. The summed E-state index contributed by atoms with van der Waals surface area (Å²) in [6, 6.07) is 9.59. The molecule has 0 spiro atoms. The van der Waals surface area contributed by atoms with E-state index in [-0.39, 0.29) is 32.8 Å². The highest BCUT2D eigenvalue weighted by atomic mass is 31.2. The zero-order valence-corrected chi connectivity index (χ0v) is 18.2. The molecule has 1 rings (SSSR count). The molecule has 0 radical (unpaired) electrons. The van der Waals surface area contributed by atoms with Crippen molar-refractivity contribution in [3.8, 4) is 0 Å². The Morgan fingerprint density at radius 3 is 1.52 bits per heavy atom. The van der Waals surface area contributed by atoms with E-state index in [9.17, 15) is 9.13 Å². The maximum atomic E-state index is 12.7. The van der Waals surface area contributed by atoms with Crippen LogP contribution >= 0.6 is 15.6 Å². The van der Waals surface area contributed by atoms with Crippen molar-refractivity contribution in [2.45, 2.75) is 46.8 Å². The minimum atomic E-state index is -3.88. The quantitative estimate of drug-likeness (QED) is 0.275. The third-order valence-corrected chi connectivity index (χ3v) is 6.44. The third kappa shape index (κ3) is 9.46. The highest BCUT2D eigenvalue weighted by Crippen LogP contribution is 2.56. The van der Waals surface area contributed by atoms with Crippen LogP contribution in [0.15, 0.2) is 30.3 Å². The van der Waals surface area contributed by atoms with Gasteiger partial charge in [-0.15, -0.1) is 0 Å². The van der Waals surface area contributed by atoms with E-state index in [2.05, 4.69) is 0 Å². The van der Waals surface area contributed by atoms with Crippen LogP contribution in [-0.4, -0.2) is 32.7 Å². The Balaban J connectivity index is 2.95. The summed E-state index contributed by atoms with van der Waals surface area (Å²) in [6.07, 6.45) is -0.390. The molecular formula is C17H30O8P2. The van der Waals surface area contributed by atoms with Crippen LogP contribution in [0.5, 0.6) is 0 Å². The van der Waals surface area contributed by atoms with Crippen LogP contribution in [0, 0.1) is 0 Å². The summed E-state index contributed by atoms with van der Waals surface area (Å²) in [5.74, 6) is 0. The van der Waals surface area contributed by atoms with Gasteiger partial charge in [-0.25, -0.2) is 9.13 Å². The maximum absolute atomic E-state index is 12.7. The summed E-state index contributed by atoms with van der Waals surface area (Å²) >= 11 is 0. The van der Waals surface area contributed by atoms with E-state index in [0.717, 1.165) is 5.56 Å². The van der Waals surface area contributed by atoms with Crippen LogP contribution in [0.25, 0.3) is 0 Å². The van der Waals surface area contributed by atoms with Crippen LogP contribution in [0.4, 0.5) is 0 Å². The second-order valence-electron chi connectivity index (χ2n) is 5.23. The van der Waals surface area contributed by atoms with E-state index in [1.807, 2.05) is 30.3 Å². The molecule has 8 nitrogen and oxygen atoms in total. The Morgan fingerprint density at radius 1 is 0.741 bits per heavy atom. The average Bonchev–Trinajstić information content (AvgIpc) is 2.61. The SMILES string of the molecule is CCOP(=O)(OCC)OC(CCc1ccccc1)OP(=O)(OCC)OCC. The predicted molar refractivity (Wildman–Crippen MR) is 102 cm³/mol. The smallest absolute Gasteiger partial charge is 0.287 e. The first-order valence-corrected chi connectivity index (χ1v) is 12.0. The molecule has 0 aromatic heterocycles. The molecule has 0 amide bonds. The lowest BCUT2D eigenvalue weighted by Crippen LogP contribution is -2.19. The molecule has 0 aliphatic carbocycles. The normalized spacial score (nSPS) is 12.6. The molecule has 0 fully saturated rings. The molecule has 0 aliphatic heterocycles. The van der Waals surface area contributed by atoms with Crippen molar-refractivity contribution in [3.63, 3.8) is 0 Å². The zero-order valence-electron chi connectivity index (χ0n) is 16.4. The molecular weight excluding hydrogens is 394 g/mol. The fourth-order valence-electron chi connectivity index (χ4n) is 2.17. The van der Waals surface area contributed by atoms with Crippen molar-refractivity contribution in [3.05, 3.63) is 35.9 Å². The molecule has 0 bridgehead atoms. The van der Waals surface area contributed by atoms with E-state index >= 15 is 0 Å². The summed E-state index contributed by atoms with van der Waals surface area (Å²) in [6.45, 7) is 7.16. The zero-order chi connectivity index (χ0) is 20.2. The molecule has 0 saturated carbocycles. The Hall–Kier alpha value is -0.560. The Labute approximate surface area is 161 Å². The van der Waals surface area contributed by atoms with Gasteiger partial charge in [0.1, 0.15) is 0 Å². The van der Waals surface area contributed by atoms with E-state index in [1.54, 1.807) is 27.7 Å². The highest BCUT2D eigenvalue weighted by Gasteiger charge is 2.36. The molecule has 0 saturated heterocycles. The van der Waals surface area contributed by atoms with E-state index in [0.29, 0.717) is 6.42 Å². The number of phosphoric ester groups is 2. The predicted octanol–water partition coefficient (Wildman–Crippen LogP) is 5.34. The van der Waals surface area contributed by atoms with Crippen LogP contribution < -0.4 is 0 Å². The lowest BCUT2D eigenvalue weighted by molar-refractivity contribution is -0.0562. The van der Waals surface area contributed by atoms with Crippen molar-refractivity contribution in [1.82, 2.24) is 0 Å². The summed E-state index contributed by atoms with van der Waals surface area (Å²) in [7, 11) is -7.76. The maximum Gasteiger partial charge on any atom is 0.477 e. The first-order valence-electron chi connectivity index (χ1n) is 9.09. The topological polar surface area (TPSA) is 89.5 Å². The molecule has 0 atom stereocenters. The molecule has 0 heterocycles. The summed E-state index contributed by atoms with van der Waals surface area (Å²) in [5, 5.41) is 0. The summed E-state index contributed by atoms with van der Waals surface area (Å²) < 4.78 is 57.0. The minimum Gasteiger partial charge on any atom is -0.287 e. The van der Waals surface area contributed by atoms with E-state index < -0.39 is 21.9 Å². The van der Waals surface area contributed by atoms with Gasteiger partial charge in [0.05, 0.1) is 26.4 Å². The van der Waals surface area contributed by atoms with Gasteiger partial charge in [-0.2, -0.15) is 0 Å². The van der Waals surface area contributed by atoms with Crippen molar-refractivity contribution in [2.75, 3.05) is 26.4 Å². The molecule has 0 aliphatic rings. The number of rotatable bonds is 15. The second kappa shape index (κ2) is 12.8. The molecule has 0 unspecified atom stereocenters. The van der Waals surface area contributed by atoms with E-state index in [4.69, 9.17) is 27.1 Å². The van der Waals surface area contributed by atoms with Crippen LogP contribution in [0.3, 0.4) is 0 Å². The largest absolute Gasteiger partial charge is 0.477 e. The number of hydrogen-bond donors (Lipinski definition) is 0. The van der Waals surface area contributed by atoms with Gasteiger partial charge in [0, 0.05) is 6.42 Å². The second-order valence-corrected chi connectivity index (χ2v) is 8.47. The lowest BCUT2D eigenvalue weighted by Gasteiger charge is -2.26. The van der Waals surface area contributed by atoms with Gasteiger partial charge in [-0.05, 0) is 39.7 Å². The standard InChI is InChI=1S/C17H30O8P2/c1-5-20-26(18,21-6-2)24-17(15-14-16-12-10-9-11-13-16)25-27(19,22-7-3)23-8-4/h9-13,17H,5-8,14-15H2,1-4H3. The Morgan fingerprint density at radius 2 is 1.15 bits per heavy atom. The van der Waals surface area contributed by atoms with Crippen LogP contribution in [0.1, 0.15) is 39.7 Å². The van der Waals surface area contributed by atoms with Gasteiger partial charge in [0.15, 0.2) is 6.29 Å². The van der Waals surface area contributed by atoms with Gasteiger partial charge in [0.25, 0.3) is 0 Å². The fraction of sp³-hybridized carbons (Fsp3) is 0.647. The summed E-state index contributed by atoms with van der Waals surface area (Å²) in [5.41, 5.74) is 1.01. The minimum absolute atomic E-state index is 0.122. The van der Waals surface area contributed by atoms with Crippen molar-refractivity contribution < 1.29 is 36.3 Å². The van der Waals surface area contributed by atoms with Gasteiger partial charge in [0.2, 0.25) is 0 Å². The molecule has 10 heteroatoms. The monoisotopic (exact) mass is 424 g/mol. The van der Waals surface area contributed by atoms with Gasteiger partial charge in [-0.3, -0.25) is 27.1 Å². The average molecular weight is 424 g/mol. The van der Waals surface area contributed by atoms with Crippen LogP contribution in [-0.2, 0) is 42.7 Å². The fourth-order valence-corrected chi connectivity index (χ4v) is 4.77. The highest BCUT2D eigenvalue weighted by molar-refractivity contribution is 7.49. The Kier molecular flexibility index (Phi) is 11.6. The molecule has 156 valence electrons. The van der Waals surface area contributed by atoms with Crippen molar-refractivity contribution in [1.29, 1.82) is 0 Å². The molecule has 0 N–H and O–H groups in total. The summed E-state index contributed by atoms with van der Waals surface area (Å²) in [4.78, 5) is 0. The molecule has 1 aromatic carbocycles. The first kappa shape index (κ1) is 24.5. The van der Waals surface area contributed by atoms with Crippen molar-refractivity contribution >= 4 is 15.6 Å². The van der Waals surface area contributed by atoms with Crippen LogP contribution in [0.2, 0.25) is 0 Å². The first-order chi connectivity index (χ1) is 12.9. The number of aryl methyl sites for hydroxylation is 1. The van der Waals surface area contributed by atoms with Crippen molar-refractivity contribution in [2.24, 2.45) is 0 Å². The lowest BCUT2D eigenvalue weighted by atomic mass is 10.1.